The summed E-state index contributed by atoms with van der Waals surface area (Å²) in [6, 6.07) is 6.01. The number of nitrogens with one attached hydrogen (secondary N) is 2. The maximum Gasteiger partial charge on any atom is 0.184 e. The van der Waals surface area contributed by atoms with Crippen LogP contribution in [0.5, 0.6) is 0 Å². The summed E-state index contributed by atoms with van der Waals surface area (Å²) in [6.45, 7) is 14.5. The summed E-state index contributed by atoms with van der Waals surface area (Å²) in [5, 5.41) is 10.7. The molecule has 0 unspecified atom stereocenters. The number of hydrogen-bond acceptors (Lipinski definition) is 4. The quantitative estimate of drug-likeness (QED) is 0.562. The topological polar surface area (TPSA) is 57.5 Å². The Kier molecular flexibility index (Phi) is 14.9. The van der Waals surface area contributed by atoms with Gasteiger partial charge in [-0.3, -0.25) is 0 Å². The second-order valence-electron chi connectivity index (χ2n) is 4.42. The number of nitrogens with zero attached hydrogens (tertiary/aromatic N) is 1. The average molecular weight is 319 g/mol. The fraction of sp³-hybridized carbons (Fsp3) is 0.474. The van der Waals surface area contributed by atoms with Gasteiger partial charge in [0.2, 0.25) is 0 Å². The lowest BCUT2D eigenvalue weighted by atomic mass is 10.1. The zero-order valence-electron chi connectivity index (χ0n) is 15.9. The Morgan fingerprint density at radius 1 is 1.22 bits per heavy atom. The molecule has 0 atom stereocenters. The minimum absolute atomic E-state index is 0.634. The third-order valence-corrected chi connectivity index (χ3v) is 2.68. The van der Waals surface area contributed by atoms with E-state index in [1.807, 2.05) is 66.7 Å². The van der Waals surface area contributed by atoms with Crippen LogP contribution in [0, 0.1) is 12.3 Å². The molecule has 0 fully saturated rings. The van der Waals surface area contributed by atoms with E-state index in [4.69, 9.17) is 10.1 Å². The number of hydrogen-bond donors (Lipinski definition) is 2. The highest BCUT2D eigenvalue weighted by Crippen LogP contribution is 2.15. The lowest BCUT2D eigenvalue weighted by Gasteiger charge is -2.10. The van der Waals surface area contributed by atoms with Crippen LogP contribution in [-0.2, 0) is 4.74 Å². The predicted octanol–water partition coefficient (Wildman–Crippen LogP) is 5.43. The summed E-state index contributed by atoms with van der Waals surface area (Å²) in [5.74, 6) is 0.634. The van der Waals surface area contributed by atoms with Crippen molar-refractivity contribution in [1.29, 1.82) is 5.41 Å². The zero-order valence-corrected chi connectivity index (χ0v) is 15.9. The molecule has 0 aromatic heterocycles. The van der Waals surface area contributed by atoms with Crippen molar-refractivity contribution in [2.45, 2.75) is 48.5 Å². The number of aliphatic imine (C=N–C) groups is 1. The molecule has 23 heavy (non-hydrogen) atoms. The number of ether oxygens (including phenoxy) is 1. The number of benzene rings is 1. The van der Waals surface area contributed by atoms with Crippen LogP contribution in [0.25, 0.3) is 0 Å². The van der Waals surface area contributed by atoms with E-state index in [0.29, 0.717) is 12.4 Å². The van der Waals surface area contributed by atoms with Crippen molar-refractivity contribution in [2.24, 2.45) is 4.99 Å². The summed E-state index contributed by atoms with van der Waals surface area (Å²) in [6.07, 6.45) is 3.14. The third-order valence-electron chi connectivity index (χ3n) is 2.68. The Balaban J connectivity index is 0. The number of methoxy groups -OCH3 is 1. The van der Waals surface area contributed by atoms with Crippen LogP contribution >= 0.6 is 0 Å². The standard InChI is InChI=1S/C15H21N3O.2C2H6/c1-11-5-6-15(14(7-11)8-16)18-10-12(2)9-17-13(3)19-4;2*1-2/h5-9,16,18H,10H2,1-4H3;2*1-2H3/b12-9+,16-8?,17-13?;;. The van der Waals surface area contributed by atoms with Gasteiger partial charge >= 0.3 is 0 Å². The molecular formula is C19H33N3O. The van der Waals surface area contributed by atoms with Crippen LogP contribution in [0.15, 0.2) is 35.0 Å². The van der Waals surface area contributed by atoms with Crippen LogP contribution in [0.1, 0.15) is 52.7 Å². The van der Waals surface area contributed by atoms with E-state index in [9.17, 15) is 0 Å². The molecule has 1 rings (SSSR count). The van der Waals surface area contributed by atoms with Gasteiger partial charge in [0, 0.05) is 37.1 Å². The van der Waals surface area contributed by atoms with Crippen LogP contribution in [0.4, 0.5) is 5.69 Å². The SMILES string of the molecule is CC.CC.COC(C)=N/C=C(\C)CNc1ccc(C)cc1C=N. The average Bonchev–Trinajstić information content (AvgIpc) is 2.61. The molecule has 0 saturated carbocycles. The first kappa shape index (κ1) is 23.2. The van der Waals surface area contributed by atoms with Gasteiger partial charge in [-0.1, -0.05) is 39.3 Å². The van der Waals surface area contributed by atoms with Crippen molar-refractivity contribution in [3.63, 3.8) is 0 Å². The van der Waals surface area contributed by atoms with Crippen molar-refractivity contribution < 1.29 is 4.74 Å². The van der Waals surface area contributed by atoms with E-state index in [-0.39, 0.29) is 0 Å². The second kappa shape index (κ2) is 14.8. The van der Waals surface area contributed by atoms with Gasteiger partial charge in [-0.15, -0.1) is 0 Å². The lowest BCUT2D eigenvalue weighted by molar-refractivity contribution is 0.400. The maximum absolute atomic E-state index is 7.41. The Labute approximate surface area is 142 Å². The van der Waals surface area contributed by atoms with Gasteiger partial charge in [0.05, 0.1) is 7.11 Å². The normalized spacial score (nSPS) is 10.6. The molecule has 0 spiro atoms. The van der Waals surface area contributed by atoms with Gasteiger partial charge in [-0.25, -0.2) is 4.99 Å². The summed E-state index contributed by atoms with van der Waals surface area (Å²) < 4.78 is 4.97. The van der Waals surface area contributed by atoms with Crippen LogP contribution in [0.2, 0.25) is 0 Å². The van der Waals surface area contributed by atoms with Gasteiger partial charge < -0.3 is 15.5 Å². The summed E-state index contributed by atoms with van der Waals surface area (Å²) in [7, 11) is 1.60. The molecule has 0 aliphatic rings. The largest absolute Gasteiger partial charge is 0.484 e. The lowest BCUT2D eigenvalue weighted by Crippen LogP contribution is -2.05. The minimum atomic E-state index is 0.634. The first-order valence-corrected chi connectivity index (χ1v) is 8.16. The molecule has 0 aliphatic carbocycles. The molecular weight excluding hydrogens is 286 g/mol. The molecule has 0 heterocycles. The van der Waals surface area contributed by atoms with Gasteiger partial charge in [0.15, 0.2) is 5.90 Å². The molecule has 0 aliphatic heterocycles. The number of rotatable bonds is 5. The van der Waals surface area contributed by atoms with Crippen LogP contribution in [-0.4, -0.2) is 25.8 Å². The van der Waals surface area contributed by atoms with Crippen molar-refractivity contribution in [3.05, 3.63) is 41.1 Å². The second-order valence-corrected chi connectivity index (χ2v) is 4.42. The zero-order chi connectivity index (χ0) is 18.3. The predicted molar refractivity (Wildman–Crippen MR) is 104 cm³/mol. The minimum Gasteiger partial charge on any atom is -0.484 e. The maximum atomic E-state index is 7.41. The van der Waals surface area contributed by atoms with Crippen molar-refractivity contribution in [2.75, 3.05) is 19.0 Å². The monoisotopic (exact) mass is 319 g/mol. The molecule has 0 bridgehead atoms. The van der Waals surface area contributed by atoms with Crippen molar-refractivity contribution in [1.82, 2.24) is 0 Å². The van der Waals surface area contributed by atoms with Crippen LogP contribution < -0.4 is 5.32 Å². The van der Waals surface area contributed by atoms with E-state index in [1.165, 1.54) is 6.21 Å². The van der Waals surface area contributed by atoms with E-state index in [1.54, 1.807) is 13.3 Å². The van der Waals surface area contributed by atoms with E-state index in [2.05, 4.69) is 10.3 Å². The molecule has 1 aromatic rings. The van der Waals surface area contributed by atoms with Gasteiger partial charge in [-0.05, 0) is 31.6 Å². The Bertz CT molecular complexity index is 505. The summed E-state index contributed by atoms with van der Waals surface area (Å²) in [4.78, 5) is 4.16. The molecule has 1 aromatic carbocycles. The van der Waals surface area contributed by atoms with Gasteiger partial charge in [0.1, 0.15) is 0 Å². The van der Waals surface area contributed by atoms with E-state index in [0.717, 1.165) is 22.4 Å². The molecule has 4 heteroatoms. The Hall–Kier alpha value is -2.10. The highest BCUT2D eigenvalue weighted by atomic mass is 16.5. The first-order valence-electron chi connectivity index (χ1n) is 8.16. The van der Waals surface area contributed by atoms with Crippen molar-refractivity contribution in [3.8, 4) is 0 Å². The van der Waals surface area contributed by atoms with Crippen LogP contribution in [0.3, 0.4) is 0 Å². The van der Waals surface area contributed by atoms with Gasteiger partial charge in [-0.2, -0.15) is 0 Å². The molecule has 130 valence electrons. The smallest absolute Gasteiger partial charge is 0.184 e. The van der Waals surface area contributed by atoms with E-state index >= 15 is 0 Å². The molecule has 0 saturated heterocycles. The summed E-state index contributed by atoms with van der Waals surface area (Å²) in [5.41, 5.74) is 4.09. The fourth-order valence-corrected chi connectivity index (χ4v) is 1.50. The first-order chi connectivity index (χ1) is 11.1. The summed E-state index contributed by atoms with van der Waals surface area (Å²) >= 11 is 0. The fourth-order valence-electron chi connectivity index (χ4n) is 1.50. The molecule has 0 amide bonds. The highest BCUT2D eigenvalue weighted by molar-refractivity contribution is 5.86. The Morgan fingerprint density at radius 2 is 1.83 bits per heavy atom. The number of anilines is 1. The number of aryl methyl sites for hydroxylation is 1. The third kappa shape index (κ3) is 10.3. The van der Waals surface area contributed by atoms with Gasteiger partial charge in [0.25, 0.3) is 0 Å². The molecule has 2 N–H and O–H groups in total. The highest BCUT2D eigenvalue weighted by Gasteiger charge is 2.00. The molecule has 4 nitrogen and oxygen atoms in total. The van der Waals surface area contributed by atoms with E-state index < -0.39 is 0 Å². The molecule has 0 radical (unpaired) electrons. The Morgan fingerprint density at radius 3 is 2.35 bits per heavy atom. The van der Waals surface area contributed by atoms with Crippen molar-refractivity contribution >= 4 is 17.8 Å².